The number of hydrogen-bond acceptors (Lipinski definition) is 11. The third-order valence-electron chi connectivity index (χ3n) is 3.18. The quantitative estimate of drug-likeness (QED) is 0.251. The zero-order valence-electron chi connectivity index (χ0n) is 17.1. The lowest BCUT2D eigenvalue weighted by Crippen LogP contribution is -2.54. The Hall–Kier alpha value is -2.40. The van der Waals surface area contributed by atoms with E-state index >= 15 is 0 Å². The Labute approximate surface area is 173 Å². The predicted octanol–water partition coefficient (Wildman–Crippen LogP) is 0.362. The van der Waals surface area contributed by atoms with Gasteiger partial charge in [0.15, 0.2) is 24.4 Å². The summed E-state index contributed by atoms with van der Waals surface area (Å²) in [7, 11) is 1.45. The molecule has 0 aliphatic heterocycles. The lowest BCUT2D eigenvalue weighted by Gasteiger charge is -2.35. The van der Waals surface area contributed by atoms with Crippen molar-refractivity contribution in [1.82, 2.24) is 4.42 Å². The summed E-state index contributed by atoms with van der Waals surface area (Å²) in [5.74, 6) is -3.80. The van der Waals surface area contributed by atoms with Crippen LogP contribution in [0, 0.1) is 0 Å². The first kappa shape index (κ1) is 26.6. The van der Waals surface area contributed by atoms with Crippen molar-refractivity contribution in [2.45, 2.75) is 59.0 Å². The number of nitrogens with zero attached hydrogens (tertiary/aromatic N) is 1. The molecule has 29 heavy (non-hydrogen) atoms. The molecule has 0 fully saturated rings. The molecule has 166 valence electrons. The Morgan fingerprint density at radius 3 is 1.41 bits per heavy atom. The van der Waals surface area contributed by atoms with Gasteiger partial charge in [-0.3, -0.25) is 24.0 Å². The van der Waals surface area contributed by atoms with E-state index < -0.39 is 60.9 Å². The fourth-order valence-electron chi connectivity index (χ4n) is 2.37. The molecule has 0 aromatic carbocycles. The highest BCUT2D eigenvalue weighted by Crippen LogP contribution is 2.21. The topological polar surface area (TPSA) is 135 Å². The van der Waals surface area contributed by atoms with Crippen molar-refractivity contribution in [3.8, 4) is 0 Å². The van der Waals surface area contributed by atoms with Gasteiger partial charge in [0, 0.05) is 41.7 Å². The first-order valence-corrected chi connectivity index (χ1v) is 8.86. The van der Waals surface area contributed by atoms with Crippen LogP contribution in [0.2, 0.25) is 0 Å². The van der Waals surface area contributed by atoms with Crippen LogP contribution in [0.5, 0.6) is 0 Å². The summed E-state index contributed by atoms with van der Waals surface area (Å²) in [5, 5.41) is 0. The minimum Gasteiger partial charge on any atom is -0.462 e. The van der Waals surface area contributed by atoms with Crippen molar-refractivity contribution in [3.05, 3.63) is 0 Å². The van der Waals surface area contributed by atoms with Gasteiger partial charge in [0.2, 0.25) is 0 Å². The van der Waals surface area contributed by atoms with Crippen LogP contribution in [0.15, 0.2) is 0 Å². The number of hydrogen-bond donors (Lipinski definition) is 0. The highest BCUT2D eigenvalue weighted by molar-refractivity contribution is 6.13. The van der Waals surface area contributed by atoms with Gasteiger partial charge in [-0.2, -0.15) is 0 Å². The van der Waals surface area contributed by atoms with E-state index in [0.29, 0.717) is 0 Å². The lowest BCUT2D eigenvalue weighted by molar-refractivity contribution is -0.202. The smallest absolute Gasteiger partial charge is 0.303 e. The van der Waals surface area contributed by atoms with Crippen LogP contribution in [0.4, 0.5) is 0 Å². The molecule has 0 rings (SSSR count). The van der Waals surface area contributed by atoms with Gasteiger partial charge in [0.25, 0.3) is 0 Å². The number of rotatable bonds is 11. The van der Waals surface area contributed by atoms with E-state index in [1.165, 1.54) is 7.05 Å². The SMILES string of the molecule is CC(=O)OC[C@@H](OC(C)=O)[C@@H](OC(C)=O)[C@H](OC(C)=O)[C@H](CN(C)Cl)OC(C)=O. The zero-order valence-corrected chi connectivity index (χ0v) is 17.9. The number of esters is 5. The number of carbonyl (C=O) groups excluding carboxylic acids is 5. The largest absolute Gasteiger partial charge is 0.462 e. The monoisotopic (exact) mass is 439 g/mol. The lowest BCUT2D eigenvalue weighted by atomic mass is 10.0. The van der Waals surface area contributed by atoms with Crippen molar-refractivity contribution >= 4 is 41.6 Å². The summed E-state index contributed by atoms with van der Waals surface area (Å²) in [4.78, 5) is 57.7. The fraction of sp³-hybridized carbons (Fsp3) is 0.706. The standard InChI is InChI=1S/C17H26ClNO10/c1-9(20)25-8-15(27-11(3)22)17(29-13(5)24)16(28-12(4)23)14(7-19(6)18)26-10(2)21/h14-17H,7-8H2,1-6H3/t14-,15+,16+,17+/m0/s1. The number of halogens is 1. The predicted molar refractivity (Wildman–Crippen MR) is 97.3 cm³/mol. The Morgan fingerprint density at radius 2 is 1.07 bits per heavy atom. The molecule has 0 spiro atoms. The molecule has 0 saturated carbocycles. The third kappa shape index (κ3) is 11.9. The Bertz CT molecular complexity index is 609. The number of likely N-dealkylation sites (N-methyl/N-ethyl adjacent to an activating group) is 1. The zero-order chi connectivity index (χ0) is 22.7. The van der Waals surface area contributed by atoms with Crippen molar-refractivity contribution < 1.29 is 47.7 Å². The molecule has 11 nitrogen and oxygen atoms in total. The molecule has 4 atom stereocenters. The Kier molecular flexibility index (Phi) is 11.9. The van der Waals surface area contributed by atoms with E-state index in [-0.39, 0.29) is 6.54 Å². The summed E-state index contributed by atoms with van der Waals surface area (Å²) in [6.07, 6.45) is -5.47. The molecule has 0 aliphatic carbocycles. The summed E-state index contributed by atoms with van der Waals surface area (Å²) in [6, 6.07) is 0. The molecule has 0 saturated heterocycles. The molecule has 0 radical (unpaired) electrons. The normalized spacial score (nSPS) is 14.8. The molecule has 0 aromatic rings. The van der Waals surface area contributed by atoms with Gasteiger partial charge >= 0.3 is 29.8 Å². The molecule has 0 aromatic heterocycles. The number of ether oxygens (including phenoxy) is 5. The first-order chi connectivity index (χ1) is 13.3. The molecule has 0 N–H and O–H groups in total. The molecule has 12 heteroatoms. The summed E-state index contributed by atoms with van der Waals surface area (Å²) in [5.41, 5.74) is 0. The van der Waals surface area contributed by atoms with Gasteiger partial charge < -0.3 is 23.7 Å². The average Bonchev–Trinajstić information content (AvgIpc) is 2.52. The average molecular weight is 440 g/mol. The third-order valence-corrected chi connectivity index (χ3v) is 3.32. The van der Waals surface area contributed by atoms with Crippen molar-refractivity contribution in [1.29, 1.82) is 0 Å². The molecule has 0 heterocycles. The van der Waals surface area contributed by atoms with Crippen LogP contribution < -0.4 is 0 Å². The van der Waals surface area contributed by atoms with E-state index in [1.807, 2.05) is 0 Å². The molecular weight excluding hydrogens is 414 g/mol. The van der Waals surface area contributed by atoms with E-state index in [9.17, 15) is 24.0 Å². The number of carbonyl (C=O) groups is 5. The first-order valence-electron chi connectivity index (χ1n) is 8.52. The highest BCUT2D eigenvalue weighted by atomic mass is 35.5. The van der Waals surface area contributed by atoms with Gasteiger partial charge in [-0.05, 0) is 11.8 Å². The van der Waals surface area contributed by atoms with Crippen molar-refractivity contribution in [2.24, 2.45) is 0 Å². The van der Waals surface area contributed by atoms with Gasteiger partial charge in [-0.15, -0.1) is 0 Å². The van der Waals surface area contributed by atoms with Gasteiger partial charge in [-0.25, -0.2) is 4.42 Å². The Morgan fingerprint density at radius 1 is 0.690 bits per heavy atom. The molecular formula is C17H26ClNO10. The van der Waals surface area contributed by atoms with Crippen LogP contribution in [-0.4, -0.2) is 78.9 Å². The maximum atomic E-state index is 11.7. The van der Waals surface area contributed by atoms with Gasteiger partial charge in [0.05, 0.1) is 6.54 Å². The van der Waals surface area contributed by atoms with Crippen molar-refractivity contribution in [2.75, 3.05) is 20.2 Å². The fourth-order valence-corrected chi connectivity index (χ4v) is 2.51. The minimum atomic E-state index is -1.47. The highest BCUT2D eigenvalue weighted by Gasteiger charge is 2.44. The van der Waals surface area contributed by atoms with Crippen LogP contribution in [0.3, 0.4) is 0 Å². The van der Waals surface area contributed by atoms with Crippen LogP contribution in [0.1, 0.15) is 34.6 Å². The van der Waals surface area contributed by atoms with Crippen LogP contribution >= 0.6 is 11.8 Å². The van der Waals surface area contributed by atoms with E-state index in [1.54, 1.807) is 0 Å². The molecule has 0 bridgehead atoms. The second-order valence-corrected chi connectivity index (χ2v) is 6.61. The summed E-state index contributed by atoms with van der Waals surface area (Å²) >= 11 is 5.85. The van der Waals surface area contributed by atoms with E-state index in [2.05, 4.69) is 0 Å². The summed E-state index contributed by atoms with van der Waals surface area (Å²) < 4.78 is 26.8. The van der Waals surface area contributed by atoms with Crippen molar-refractivity contribution in [3.63, 3.8) is 0 Å². The molecule has 0 amide bonds. The van der Waals surface area contributed by atoms with Crippen LogP contribution in [-0.2, 0) is 47.7 Å². The van der Waals surface area contributed by atoms with Gasteiger partial charge in [-0.1, -0.05) is 0 Å². The van der Waals surface area contributed by atoms with Crippen LogP contribution in [0.25, 0.3) is 0 Å². The molecule has 0 unspecified atom stereocenters. The maximum Gasteiger partial charge on any atom is 0.303 e. The minimum absolute atomic E-state index is 0.142. The molecule has 0 aliphatic rings. The Balaban J connectivity index is 6.17. The maximum absolute atomic E-state index is 11.7. The van der Waals surface area contributed by atoms with E-state index in [4.69, 9.17) is 35.5 Å². The second-order valence-electron chi connectivity index (χ2n) is 6.03. The summed E-state index contributed by atoms with van der Waals surface area (Å²) in [6.45, 7) is 4.84. The van der Waals surface area contributed by atoms with Gasteiger partial charge in [0.1, 0.15) is 6.61 Å². The van der Waals surface area contributed by atoms with E-state index in [0.717, 1.165) is 39.0 Å². The second kappa shape index (κ2) is 12.9.